The van der Waals surface area contributed by atoms with E-state index in [1.165, 1.54) is 93.2 Å². The van der Waals surface area contributed by atoms with Crippen LogP contribution in [0.3, 0.4) is 0 Å². The third-order valence-corrected chi connectivity index (χ3v) is 16.3. The van der Waals surface area contributed by atoms with E-state index in [4.69, 9.17) is 4.74 Å². The molecule has 3 saturated heterocycles. The van der Waals surface area contributed by atoms with Gasteiger partial charge in [-0.15, -0.1) is 0 Å². The maximum absolute atomic E-state index is 13.9. The van der Waals surface area contributed by atoms with Crippen molar-refractivity contribution in [2.75, 3.05) is 45.2 Å². The minimum atomic E-state index is -0.203. The van der Waals surface area contributed by atoms with Gasteiger partial charge in [-0.25, -0.2) is 0 Å². The molecule has 7 heterocycles. The monoisotopic (exact) mass is 630 g/mol. The predicted octanol–water partition coefficient (Wildman–Crippen LogP) is 6.99. The summed E-state index contributed by atoms with van der Waals surface area (Å²) in [7, 11) is 3.95. The SMILES string of the molecule is CC[C@]12CCCN3CCc4c(n(c5ccccc45)[C@@H](c4ccc5c(c4)[C@@]46CCN7CCC[C@@]8(CC[C@]4([C@H](C(=O)OC)C8)N5C)[C@H]76)C1)[C@H]32. The van der Waals surface area contributed by atoms with Crippen molar-refractivity contribution in [2.45, 2.75) is 107 Å². The summed E-state index contributed by atoms with van der Waals surface area (Å²) < 4.78 is 8.51. The fourth-order valence-electron chi connectivity index (χ4n) is 14.8. The molecule has 3 aliphatic carbocycles. The third kappa shape index (κ3) is 2.96. The lowest BCUT2D eigenvalue weighted by Crippen LogP contribution is -2.78. The first kappa shape index (κ1) is 28.1. The van der Waals surface area contributed by atoms with E-state index in [9.17, 15) is 4.79 Å². The number of benzene rings is 2. The minimum Gasteiger partial charge on any atom is -0.469 e. The molecule has 0 radical (unpaired) electrons. The molecule has 6 aliphatic heterocycles. The van der Waals surface area contributed by atoms with Gasteiger partial charge < -0.3 is 14.2 Å². The number of piperidine rings is 2. The normalized spacial score (nSPS) is 41.0. The lowest BCUT2D eigenvalue weighted by Gasteiger charge is -2.70. The highest BCUT2D eigenvalue weighted by Crippen LogP contribution is 2.76. The molecule has 2 aromatic carbocycles. The second kappa shape index (κ2) is 9.04. The maximum Gasteiger partial charge on any atom is 0.311 e. The van der Waals surface area contributed by atoms with Crippen molar-refractivity contribution in [3.63, 3.8) is 0 Å². The Morgan fingerprint density at radius 3 is 2.66 bits per heavy atom. The summed E-state index contributed by atoms with van der Waals surface area (Å²) in [5, 5.41) is 1.49. The van der Waals surface area contributed by atoms with E-state index in [1.54, 1.807) is 23.9 Å². The number of rotatable bonds is 3. The molecule has 47 heavy (non-hydrogen) atoms. The number of likely N-dealkylation sites (N-methyl/N-ethyl adjacent to an activating group) is 1. The summed E-state index contributed by atoms with van der Waals surface area (Å²) in [5.41, 5.74) is 9.46. The smallest absolute Gasteiger partial charge is 0.311 e. The number of carbonyl (C=O) groups is 1. The van der Waals surface area contributed by atoms with Crippen LogP contribution in [0, 0.1) is 16.7 Å². The highest BCUT2D eigenvalue weighted by atomic mass is 16.5. The second-order valence-electron chi connectivity index (χ2n) is 17.1. The van der Waals surface area contributed by atoms with E-state index in [1.807, 2.05) is 0 Å². The van der Waals surface area contributed by atoms with E-state index in [0.717, 1.165) is 25.8 Å². The summed E-state index contributed by atoms with van der Waals surface area (Å²) in [6, 6.07) is 18.4. The summed E-state index contributed by atoms with van der Waals surface area (Å²) in [5.74, 6) is -0.0369. The first-order chi connectivity index (χ1) is 22.9. The number of anilines is 1. The van der Waals surface area contributed by atoms with Gasteiger partial charge in [-0.1, -0.05) is 37.3 Å². The van der Waals surface area contributed by atoms with Gasteiger partial charge in [0.05, 0.1) is 30.7 Å². The molecule has 1 aromatic heterocycles. The van der Waals surface area contributed by atoms with Gasteiger partial charge in [0, 0.05) is 47.3 Å². The van der Waals surface area contributed by atoms with Gasteiger partial charge in [-0.3, -0.25) is 14.6 Å². The zero-order valence-corrected chi connectivity index (χ0v) is 28.6. The first-order valence-electron chi connectivity index (χ1n) is 19.0. The Kier molecular flexibility index (Phi) is 5.39. The van der Waals surface area contributed by atoms with Crippen LogP contribution in [0.15, 0.2) is 42.5 Å². The van der Waals surface area contributed by atoms with E-state index >= 15 is 0 Å². The van der Waals surface area contributed by atoms with Crippen LogP contribution in [-0.4, -0.2) is 72.3 Å². The van der Waals surface area contributed by atoms with Crippen molar-refractivity contribution in [2.24, 2.45) is 16.7 Å². The van der Waals surface area contributed by atoms with E-state index in [-0.39, 0.29) is 28.3 Å². The van der Waals surface area contributed by atoms with E-state index in [0.29, 0.717) is 23.5 Å². The molecular formula is C41H50N4O2. The molecule has 3 saturated carbocycles. The number of carbonyl (C=O) groups excluding carboxylic acids is 1. The van der Waals surface area contributed by atoms with Gasteiger partial charge in [-0.2, -0.15) is 0 Å². The fraction of sp³-hybridized carbons (Fsp3) is 0.634. The number of fused-ring (bicyclic) bond motifs is 6. The molecule has 12 rings (SSSR count). The number of para-hydroxylation sites is 1. The zero-order valence-electron chi connectivity index (χ0n) is 28.6. The Morgan fingerprint density at radius 1 is 0.936 bits per heavy atom. The molecule has 2 bridgehead atoms. The van der Waals surface area contributed by atoms with Crippen LogP contribution in [0.25, 0.3) is 10.9 Å². The molecule has 0 N–H and O–H groups in total. The number of ether oxygens (including phenoxy) is 1. The number of methoxy groups -OCH3 is 1. The lowest BCUT2D eigenvalue weighted by atomic mass is 9.38. The van der Waals surface area contributed by atoms with Crippen LogP contribution >= 0.6 is 0 Å². The molecule has 0 amide bonds. The van der Waals surface area contributed by atoms with Gasteiger partial charge in [0.1, 0.15) is 0 Å². The molecular weight excluding hydrogens is 580 g/mol. The highest BCUT2D eigenvalue weighted by molar-refractivity contribution is 5.87. The van der Waals surface area contributed by atoms with Crippen molar-refractivity contribution in [1.29, 1.82) is 0 Å². The Bertz CT molecular complexity index is 1860. The maximum atomic E-state index is 13.9. The van der Waals surface area contributed by atoms with Crippen LogP contribution in [-0.2, 0) is 21.4 Å². The van der Waals surface area contributed by atoms with Gasteiger partial charge in [0.15, 0.2) is 0 Å². The van der Waals surface area contributed by atoms with Gasteiger partial charge in [0.2, 0.25) is 0 Å². The summed E-state index contributed by atoms with van der Waals surface area (Å²) >= 11 is 0. The molecule has 9 aliphatic rings. The van der Waals surface area contributed by atoms with E-state index in [2.05, 4.69) is 75.7 Å². The molecule has 6 heteroatoms. The predicted molar refractivity (Wildman–Crippen MR) is 185 cm³/mol. The lowest BCUT2D eigenvalue weighted by molar-refractivity contribution is -0.174. The van der Waals surface area contributed by atoms with Crippen molar-refractivity contribution < 1.29 is 9.53 Å². The highest BCUT2D eigenvalue weighted by Gasteiger charge is 2.80. The van der Waals surface area contributed by atoms with Crippen molar-refractivity contribution in [1.82, 2.24) is 14.4 Å². The zero-order chi connectivity index (χ0) is 31.5. The van der Waals surface area contributed by atoms with Crippen molar-refractivity contribution >= 4 is 22.6 Å². The second-order valence-corrected chi connectivity index (χ2v) is 17.1. The van der Waals surface area contributed by atoms with Gasteiger partial charge >= 0.3 is 5.97 Å². The minimum absolute atomic E-state index is 0.0255. The number of hydrogen-bond acceptors (Lipinski definition) is 5. The Balaban J connectivity index is 1.15. The molecule has 246 valence electrons. The molecule has 0 unspecified atom stereocenters. The molecule has 3 aromatic rings. The largest absolute Gasteiger partial charge is 0.469 e. The average Bonchev–Trinajstić information content (AvgIpc) is 3.75. The Labute approximate surface area is 279 Å². The summed E-state index contributed by atoms with van der Waals surface area (Å²) in [4.78, 5) is 22.2. The van der Waals surface area contributed by atoms with Crippen LogP contribution in [0.2, 0.25) is 0 Å². The van der Waals surface area contributed by atoms with Crippen LogP contribution in [0.4, 0.5) is 5.69 Å². The van der Waals surface area contributed by atoms with E-state index < -0.39 is 0 Å². The Morgan fingerprint density at radius 2 is 1.79 bits per heavy atom. The fourth-order valence-corrected chi connectivity index (χ4v) is 14.8. The quantitative estimate of drug-likeness (QED) is 0.292. The van der Waals surface area contributed by atoms with Crippen molar-refractivity contribution in [3.8, 4) is 0 Å². The van der Waals surface area contributed by atoms with Gasteiger partial charge in [0.25, 0.3) is 0 Å². The standard InChI is InChI=1S/C41H50N4O2/c1-4-38-14-7-19-43-21-13-28-27-9-5-6-10-31(27)45(34(28)35(38)43)33(25-38)26-11-12-32-29(23-26)40-18-22-44-20-8-15-39(37(40)44)16-17-41(40,42(32)2)30(24-39)36(46)47-3/h5-6,9-12,23,30,33,35,37H,4,7-8,13-22,24-25H2,1-3H3/t30-,33+,35-,37-,38-,39-,40+,41+/m0/s1. The van der Waals surface area contributed by atoms with Gasteiger partial charge in [-0.05, 0) is 130 Å². The van der Waals surface area contributed by atoms with Crippen LogP contribution in [0.5, 0.6) is 0 Å². The molecule has 8 atom stereocenters. The molecule has 6 fully saturated rings. The van der Waals surface area contributed by atoms with Crippen molar-refractivity contribution in [3.05, 3.63) is 64.8 Å². The first-order valence-corrected chi connectivity index (χ1v) is 19.0. The molecule has 3 spiro atoms. The number of hydrogen-bond donors (Lipinski definition) is 0. The topological polar surface area (TPSA) is 41.0 Å². The average molecular weight is 631 g/mol. The number of nitrogens with zero attached hydrogens (tertiary/aromatic N) is 4. The van der Waals surface area contributed by atoms with Crippen LogP contribution < -0.4 is 4.90 Å². The van der Waals surface area contributed by atoms with Crippen LogP contribution in [0.1, 0.15) is 106 Å². The Hall–Kier alpha value is -2.83. The number of aromatic nitrogens is 1. The summed E-state index contributed by atoms with van der Waals surface area (Å²) in [6.07, 6.45) is 13.3. The molecule has 6 nitrogen and oxygen atoms in total. The third-order valence-electron chi connectivity index (χ3n) is 16.3. The summed E-state index contributed by atoms with van der Waals surface area (Å²) in [6.45, 7) is 7.31. The number of esters is 1.